The van der Waals surface area contributed by atoms with Crippen molar-refractivity contribution in [1.82, 2.24) is 4.90 Å². The van der Waals surface area contributed by atoms with Crippen LogP contribution in [-0.2, 0) is 19.1 Å². The first-order chi connectivity index (χ1) is 18.5. The monoisotopic (exact) mass is 552 g/mol. The minimum atomic E-state index is -1.39. The topological polar surface area (TPSA) is 107 Å². The second-order valence-electron chi connectivity index (χ2n) is 11.0. The standard InChI is InChI=1S/C30H33ClN2O6/c1-5-14-32(24-17(2)10-9-13-20(24)31)27(36)25-30-15-18(3)29(4,39-30)23(28(37)38)22(30)26(35)33(25)21(16-34)19-11-7-6-8-12-19/h5-13,18,21-23,25,34H,1,14-16H2,2-4H3,(H,37,38)/t18?,21-,22+,23-,25?,29+,30?/m1/s1. The molecule has 2 aromatic rings. The molecule has 3 unspecified atom stereocenters. The number of carbonyl (C=O) groups excluding carboxylic acids is 2. The molecule has 0 aromatic heterocycles. The summed E-state index contributed by atoms with van der Waals surface area (Å²) < 4.78 is 6.62. The van der Waals surface area contributed by atoms with E-state index < -0.39 is 59.5 Å². The summed E-state index contributed by atoms with van der Waals surface area (Å²) in [5, 5.41) is 21.3. The number of ether oxygens (including phenoxy) is 1. The van der Waals surface area contributed by atoms with Crippen LogP contribution in [0.4, 0.5) is 5.69 Å². The molecule has 3 saturated heterocycles. The first-order valence-corrected chi connectivity index (χ1v) is 13.5. The number of carboxylic acid groups (broad SMARTS) is 1. The number of hydrogen-bond acceptors (Lipinski definition) is 5. The molecule has 3 fully saturated rings. The van der Waals surface area contributed by atoms with Crippen molar-refractivity contribution in [2.24, 2.45) is 17.8 Å². The third-order valence-electron chi connectivity index (χ3n) is 8.98. The number of anilines is 1. The van der Waals surface area contributed by atoms with Gasteiger partial charge in [-0.3, -0.25) is 14.4 Å². The van der Waals surface area contributed by atoms with Crippen molar-refractivity contribution in [2.45, 2.75) is 50.5 Å². The third-order valence-corrected chi connectivity index (χ3v) is 9.29. The number of rotatable bonds is 8. The Morgan fingerprint density at radius 1 is 1.26 bits per heavy atom. The van der Waals surface area contributed by atoms with Crippen molar-refractivity contribution in [3.8, 4) is 0 Å². The van der Waals surface area contributed by atoms with Crippen LogP contribution in [0.3, 0.4) is 0 Å². The smallest absolute Gasteiger partial charge is 0.310 e. The molecule has 8 nitrogen and oxygen atoms in total. The summed E-state index contributed by atoms with van der Waals surface area (Å²) in [6, 6.07) is 12.2. The Kier molecular flexibility index (Phi) is 6.85. The van der Waals surface area contributed by atoms with E-state index in [9.17, 15) is 24.6 Å². The summed E-state index contributed by atoms with van der Waals surface area (Å²) in [6.45, 7) is 8.94. The molecule has 39 heavy (non-hydrogen) atoms. The number of likely N-dealkylation sites (tertiary alicyclic amines) is 1. The van der Waals surface area contributed by atoms with E-state index in [4.69, 9.17) is 16.3 Å². The van der Waals surface area contributed by atoms with Crippen molar-refractivity contribution in [3.05, 3.63) is 77.3 Å². The van der Waals surface area contributed by atoms with Gasteiger partial charge in [0, 0.05) is 6.54 Å². The van der Waals surface area contributed by atoms with E-state index in [0.717, 1.165) is 5.56 Å². The molecule has 0 radical (unpaired) electrons. The van der Waals surface area contributed by atoms with E-state index in [1.165, 1.54) is 9.80 Å². The number of aliphatic carboxylic acids is 1. The fraction of sp³-hybridized carbons (Fsp3) is 0.433. The molecule has 2 aromatic carbocycles. The number of hydrogen-bond donors (Lipinski definition) is 2. The van der Waals surface area contributed by atoms with Gasteiger partial charge in [0.2, 0.25) is 5.91 Å². The van der Waals surface area contributed by atoms with Crippen LogP contribution in [0.5, 0.6) is 0 Å². The summed E-state index contributed by atoms with van der Waals surface area (Å²) >= 11 is 6.60. The highest BCUT2D eigenvalue weighted by atomic mass is 35.5. The highest BCUT2D eigenvalue weighted by molar-refractivity contribution is 6.34. The molecule has 3 heterocycles. The van der Waals surface area contributed by atoms with Crippen molar-refractivity contribution < 1.29 is 29.3 Å². The Bertz CT molecular complexity index is 1310. The number of aryl methyl sites for hydroxylation is 1. The van der Waals surface area contributed by atoms with E-state index >= 15 is 0 Å². The lowest BCUT2D eigenvalue weighted by Crippen LogP contribution is -2.57. The summed E-state index contributed by atoms with van der Waals surface area (Å²) in [6.07, 6.45) is 1.90. The van der Waals surface area contributed by atoms with Gasteiger partial charge < -0.3 is 24.7 Å². The molecule has 206 valence electrons. The highest BCUT2D eigenvalue weighted by Crippen LogP contribution is 2.66. The van der Waals surface area contributed by atoms with E-state index in [-0.39, 0.29) is 12.5 Å². The predicted molar refractivity (Wildman–Crippen MR) is 146 cm³/mol. The Morgan fingerprint density at radius 2 is 1.95 bits per heavy atom. The average molecular weight is 553 g/mol. The van der Waals surface area contributed by atoms with Gasteiger partial charge in [0.15, 0.2) is 0 Å². The molecule has 2 bridgehead atoms. The summed E-state index contributed by atoms with van der Waals surface area (Å²) in [5.74, 6) is -4.55. The number of fused-ring (bicyclic) bond motifs is 1. The van der Waals surface area contributed by atoms with Gasteiger partial charge >= 0.3 is 5.97 Å². The number of amides is 2. The van der Waals surface area contributed by atoms with Gasteiger partial charge in [0.05, 0.1) is 34.9 Å². The molecule has 2 amide bonds. The summed E-state index contributed by atoms with van der Waals surface area (Å²) in [5.41, 5.74) is -0.639. The number of para-hydroxylation sites is 1. The second kappa shape index (κ2) is 9.77. The highest BCUT2D eigenvalue weighted by Gasteiger charge is 2.80. The number of halogens is 1. The maximum Gasteiger partial charge on any atom is 0.310 e. The maximum absolute atomic E-state index is 14.8. The van der Waals surface area contributed by atoms with Gasteiger partial charge in [-0.25, -0.2) is 0 Å². The number of nitrogens with zero attached hydrogens (tertiary/aromatic N) is 2. The van der Waals surface area contributed by atoms with Gasteiger partial charge in [0.1, 0.15) is 17.6 Å². The number of benzene rings is 2. The van der Waals surface area contributed by atoms with Gasteiger partial charge in [-0.2, -0.15) is 0 Å². The van der Waals surface area contributed by atoms with Crippen LogP contribution < -0.4 is 4.90 Å². The molecule has 3 aliphatic heterocycles. The Hall–Kier alpha value is -3.20. The fourth-order valence-electron chi connectivity index (χ4n) is 7.23. The Morgan fingerprint density at radius 3 is 2.54 bits per heavy atom. The molecule has 3 aliphatic rings. The number of aliphatic hydroxyl groups excluding tert-OH is 1. The zero-order chi connectivity index (χ0) is 28.3. The molecular formula is C30H33ClN2O6. The quantitative estimate of drug-likeness (QED) is 0.479. The zero-order valence-corrected chi connectivity index (χ0v) is 23.0. The van der Waals surface area contributed by atoms with E-state index in [2.05, 4.69) is 6.58 Å². The number of carboxylic acids is 1. The SMILES string of the molecule is C=CCN(C(=O)C1N([C@H](CO)c2ccccc2)C(=O)[C@@H]2[C@H](C(=O)O)[C@@]3(C)OC12CC3C)c1c(C)cccc1Cl. The normalized spacial score (nSPS) is 31.7. The van der Waals surface area contributed by atoms with Crippen LogP contribution in [0.25, 0.3) is 0 Å². The Labute approximate surface area is 232 Å². The number of aliphatic hydroxyl groups is 1. The maximum atomic E-state index is 14.8. The molecule has 1 spiro atoms. The van der Waals surface area contributed by atoms with Crippen LogP contribution in [0.1, 0.15) is 37.4 Å². The van der Waals surface area contributed by atoms with Gasteiger partial charge in [-0.1, -0.05) is 67.1 Å². The lowest BCUT2D eigenvalue weighted by Gasteiger charge is -2.40. The van der Waals surface area contributed by atoms with Crippen LogP contribution in [0.15, 0.2) is 61.2 Å². The average Bonchev–Trinajstić information content (AvgIpc) is 3.41. The van der Waals surface area contributed by atoms with E-state index in [1.807, 2.05) is 26.0 Å². The van der Waals surface area contributed by atoms with Crippen molar-refractivity contribution >= 4 is 35.1 Å². The molecular weight excluding hydrogens is 520 g/mol. The van der Waals surface area contributed by atoms with Crippen LogP contribution in [0, 0.1) is 24.7 Å². The first kappa shape index (κ1) is 27.4. The van der Waals surface area contributed by atoms with Crippen molar-refractivity contribution in [3.63, 3.8) is 0 Å². The van der Waals surface area contributed by atoms with Gasteiger partial charge in [-0.15, -0.1) is 6.58 Å². The van der Waals surface area contributed by atoms with Crippen molar-refractivity contribution in [1.29, 1.82) is 0 Å². The number of carbonyl (C=O) groups is 3. The van der Waals surface area contributed by atoms with E-state index in [0.29, 0.717) is 22.7 Å². The van der Waals surface area contributed by atoms with Gasteiger partial charge in [-0.05, 0) is 43.4 Å². The fourth-order valence-corrected chi connectivity index (χ4v) is 7.55. The first-order valence-electron chi connectivity index (χ1n) is 13.1. The Balaban J connectivity index is 1.73. The zero-order valence-electron chi connectivity index (χ0n) is 22.2. The van der Waals surface area contributed by atoms with Crippen LogP contribution in [-0.4, -0.2) is 63.3 Å². The van der Waals surface area contributed by atoms with Crippen LogP contribution >= 0.6 is 11.6 Å². The summed E-state index contributed by atoms with van der Waals surface area (Å²) in [4.78, 5) is 44.6. The second-order valence-corrected chi connectivity index (χ2v) is 11.4. The molecule has 0 aliphatic carbocycles. The molecule has 5 rings (SSSR count). The lowest BCUT2D eigenvalue weighted by atomic mass is 9.62. The molecule has 9 heteroatoms. The van der Waals surface area contributed by atoms with Crippen molar-refractivity contribution in [2.75, 3.05) is 18.1 Å². The molecule has 0 saturated carbocycles. The lowest BCUT2D eigenvalue weighted by molar-refractivity contribution is -0.157. The van der Waals surface area contributed by atoms with Gasteiger partial charge in [0.25, 0.3) is 5.91 Å². The van der Waals surface area contributed by atoms with E-state index in [1.54, 1.807) is 49.4 Å². The third kappa shape index (κ3) is 3.84. The molecule has 7 atom stereocenters. The minimum absolute atomic E-state index is 0.104. The largest absolute Gasteiger partial charge is 0.481 e. The minimum Gasteiger partial charge on any atom is -0.481 e. The summed E-state index contributed by atoms with van der Waals surface area (Å²) in [7, 11) is 0. The predicted octanol–water partition coefficient (Wildman–Crippen LogP) is 4.00. The van der Waals surface area contributed by atoms with Crippen LogP contribution in [0.2, 0.25) is 5.02 Å². The molecule has 2 N–H and O–H groups in total.